The molecule has 2 bridgehead atoms. The van der Waals surface area contributed by atoms with E-state index in [1.807, 2.05) is 78.9 Å². The molecule has 27 heavy (non-hydrogen) atoms. The van der Waals surface area contributed by atoms with Gasteiger partial charge in [-0.25, -0.2) is 0 Å². The van der Waals surface area contributed by atoms with Crippen molar-refractivity contribution in [2.24, 2.45) is 0 Å². The summed E-state index contributed by atoms with van der Waals surface area (Å²) in [7, 11) is 0. The van der Waals surface area contributed by atoms with Crippen LogP contribution in [-0.2, 0) is 11.2 Å². The van der Waals surface area contributed by atoms with Gasteiger partial charge in [-0.1, -0.05) is 48.5 Å². The number of aliphatic carboxylic acids is 1. The molecule has 0 radical (unpaired) electrons. The first kappa shape index (κ1) is 17.2. The molecule has 3 heterocycles. The van der Waals surface area contributed by atoms with Crippen molar-refractivity contribution in [2.75, 3.05) is 0 Å². The van der Waals surface area contributed by atoms with Crippen LogP contribution in [-0.4, -0.2) is 17.2 Å². The Morgan fingerprint density at radius 1 is 0.889 bits per heavy atom. The highest BCUT2D eigenvalue weighted by molar-refractivity contribution is 5.77. The lowest BCUT2D eigenvalue weighted by Crippen LogP contribution is -2.34. The van der Waals surface area contributed by atoms with Gasteiger partial charge in [-0.05, 0) is 54.3 Å². The van der Waals surface area contributed by atoms with Gasteiger partial charge in [-0.2, -0.15) is 0 Å². The lowest BCUT2D eigenvalue weighted by Gasteiger charge is -2.30. The molecule has 2 aromatic carbocycles. The predicted octanol–water partition coefficient (Wildman–Crippen LogP) is 5.12. The number of carbonyl (C=O) groups is 1. The van der Waals surface area contributed by atoms with Crippen LogP contribution in [0.3, 0.4) is 0 Å². The van der Waals surface area contributed by atoms with E-state index in [2.05, 4.69) is 0 Å². The Kier molecular flexibility index (Phi) is 4.79. The Morgan fingerprint density at radius 3 is 2.11 bits per heavy atom. The minimum Gasteiger partial charge on any atom is -0.489 e. The van der Waals surface area contributed by atoms with Crippen LogP contribution in [0.25, 0.3) is 11.2 Å². The van der Waals surface area contributed by atoms with Gasteiger partial charge < -0.3 is 14.3 Å². The molecule has 136 valence electrons. The normalized spacial score (nSPS) is 16.7. The number of benzene rings is 3. The van der Waals surface area contributed by atoms with Crippen molar-refractivity contribution >= 4 is 17.1 Å². The zero-order chi connectivity index (χ0) is 18.6. The summed E-state index contributed by atoms with van der Waals surface area (Å²) in [5, 5.41) is 9.55. The van der Waals surface area contributed by atoms with E-state index >= 15 is 0 Å². The molecule has 5 rings (SSSR count). The average Bonchev–Trinajstić information content (AvgIpc) is 3.35. The van der Waals surface area contributed by atoms with Crippen LogP contribution in [0.1, 0.15) is 23.5 Å². The second kappa shape index (κ2) is 7.54. The molecule has 4 nitrogen and oxygen atoms in total. The number of carboxylic acids is 1. The van der Waals surface area contributed by atoms with Gasteiger partial charge >= 0.3 is 5.97 Å². The van der Waals surface area contributed by atoms with Crippen molar-refractivity contribution in [3.63, 3.8) is 0 Å². The van der Waals surface area contributed by atoms with E-state index in [9.17, 15) is 9.90 Å². The van der Waals surface area contributed by atoms with Crippen LogP contribution >= 0.6 is 0 Å². The molecule has 2 aromatic heterocycles. The van der Waals surface area contributed by atoms with Crippen LogP contribution < -0.4 is 4.74 Å². The Morgan fingerprint density at radius 2 is 1.52 bits per heavy atom. The van der Waals surface area contributed by atoms with Gasteiger partial charge in [0.1, 0.15) is 28.9 Å². The van der Waals surface area contributed by atoms with E-state index in [4.69, 9.17) is 9.15 Å². The average molecular weight is 360 g/mol. The number of hydrogen-bond donors (Lipinski definition) is 1. The first-order valence-electron chi connectivity index (χ1n) is 9.01. The first-order chi connectivity index (χ1) is 13.2. The highest BCUT2D eigenvalue weighted by Crippen LogP contribution is 2.33. The molecule has 0 aliphatic carbocycles. The van der Waals surface area contributed by atoms with Crippen LogP contribution in [0.5, 0.6) is 5.75 Å². The second-order valence-corrected chi connectivity index (χ2v) is 6.60. The smallest absolute Gasteiger partial charge is 0.314 e. The largest absolute Gasteiger partial charge is 0.489 e. The van der Waals surface area contributed by atoms with E-state index in [0.29, 0.717) is 0 Å². The number of carboxylic acid groups (broad SMARTS) is 1. The maximum Gasteiger partial charge on any atom is 0.314 e. The third-order valence-electron chi connectivity index (χ3n) is 4.81. The van der Waals surface area contributed by atoms with Gasteiger partial charge in [0.05, 0.1) is 0 Å². The Balaban J connectivity index is 0.000000213. The predicted molar refractivity (Wildman–Crippen MR) is 103 cm³/mol. The number of para-hydroxylation sites is 1. The number of rotatable bonds is 3. The summed E-state index contributed by atoms with van der Waals surface area (Å²) in [4.78, 5) is 11.6. The monoisotopic (exact) mass is 360 g/mol. The lowest BCUT2D eigenvalue weighted by atomic mass is 9.88. The number of hydrogen-bond acceptors (Lipinski definition) is 3. The van der Waals surface area contributed by atoms with Crippen molar-refractivity contribution < 1.29 is 19.1 Å². The van der Waals surface area contributed by atoms with Crippen LogP contribution in [0.2, 0.25) is 0 Å². The minimum atomic E-state index is -0.833. The number of aryl methyl sites for hydroxylation is 1. The van der Waals surface area contributed by atoms with Crippen LogP contribution in [0.15, 0.2) is 83.3 Å². The molecule has 0 saturated carbocycles. The Labute approximate surface area is 157 Å². The molecule has 0 fully saturated rings. The Bertz CT molecular complexity index is 960. The quantitative estimate of drug-likeness (QED) is 0.551. The SMILES string of the molecule is O=C(O)C(c1ccccc1)C1CCc2ccccc2O1.c1cc2ccc1o2. The molecule has 0 spiro atoms. The van der Waals surface area contributed by atoms with E-state index in [-0.39, 0.29) is 6.10 Å². The summed E-state index contributed by atoms with van der Waals surface area (Å²) in [6.07, 6.45) is 1.27. The third-order valence-corrected chi connectivity index (χ3v) is 4.81. The number of ether oxygens (including phenoxy) is 1. The third kappa shape index (κ3) is 3.80. The molecule has 0 saturated heterocycles. The molecule has 2 unspecified atom stereocenters. The topological polar surface area (TPSA) is 59.7 Å². The van der Waals surface area contributed by atoms with Crippen molar-refractivity contribution in [2.45, 2.75) is 24.9 Å². The standard InChI is InChI=1S/C17H16O3.C6H4O/c18-17(19)16(13-7-2-1-3-8-13)15-11-10-12-6-4-5-9-14(12)20-15;1-2-6-4-3-5(1)7-6/h1-9,15-16H,10-11H2,(H,18,19);1-4H. The summed E-state index contributed by atoms with van der Waals surface area (Å²) >= 11 is 0. The molecular weight excluding hydrogens is 340 g/mol. The molecule has 4 aromatic rings. The van der Waals surface area contributed by atoms with Gasteiger partial charge in [0.25, 0.3) is 0 Å². The van der Waals surface area contributed by atoms with Crippen molar-refractivity contribution in [1.29, 1.82) is 0 Å². The zero-order valence-electron chi connectivity index (χ0n) is 14.7. The van der Waals surface area contributed by atoms with Crippen molar-refractivity contribution in [3.8, 4) is 5.75 Å². The van der Waals surface area contributed by atoms with Crippen molar-refractivity contribution in [1.82, 2.24) is 0 Å². The fraction of sp³-hybridized carbons (Fsp3) is 0.174. The van der Waals surface area contributed by atoms with Gasteiger partial charge in [0, 0.05) is 0 Å². The molecule has 1 N–H and O–H groups in total. The molecule has 4 heteroatoms. The highest BCUT2D eigenvalue weighted by atomic mass is 16.5. The van der Waals surface area contributed by atoms with Gasteiger partial charge in [0.2, 0.25) is 0 Å². The minimum absolute atomic E-state index is 0.315. The highest BCUT2D eigenvalue weighted by Gasteiger charge is 2.33. The summed E-state index contributed by atoms with van der Waals surface area (Å²) in [5.74, 6) is -0.643. The first-order valence-corrected chi connectivity index (χ1v) is 9.01. The van der Waals surface area contributed by atoms with Gasteiger partial charge in [-0.15, -0.1) is 0 Å². The van der Waals surface area contributed by atoms with Gasteiger partial charge in [-0.3, -0.25) is 4.79 Å². The van der Waals surface area contributed by atoms with Crippen LogP contribution in [0, 0.1) is 0 Å². The summed E-state index contributed by atoms with van der Waals surface area (Å²) in [5.41, 5.74) is 3.88. The maximum absolute atomic E-state index is 11.6. The molecule has 2 atom stereocenters. The van der Waals surface area contributed by atoms with E-state index < -0.39 is 11.9 Å². The molecular formula is C23H20O4. The van der Waals surface area contributed by atoms with E-state index in [0.717, 1.165) is 40.9 Å². The zero-order valence-corrected chi connectivity index (χ0v) is 14.7. The fourth-order valence-electron chi connectivity index (χ4n) is 3.47. The van der Waals surface area contributed by atoms with E-state index in [1.165, 1.54) is 0 Å². The molecule has 0 amide bonds. The maximum atomic E-state index is 11.6. The van der Waals surface area contributed by atoms with Gasteiger partial charge in [0.15, 0.2) is 0 Å². The van der Waals surface area contributed by atoms with Crippen molar-refractivity contribution in [3.05, 3.63) is 90.0 Å². The summed E-state index contributed by atoms with van der Waals surface area (Å²) in [6.45, 7) is 0. The molecule has 1 aliphatic rings. The fourth-order valence-corrected chi connectivity index (χ4v) is 3.47. The summed E-state index contributed by atoms with van der Waals surface area (Å²) < 4.78 is 11.0. The molecule has 1 aliphatic heterocycles. The summed E-state index contributed by atoms with van der Waals surface area (Å²) in [6, 6.07) is 25.0. The number of fused-ring (bicyclic) bond motifs is 3. The van der Waals surface area contributed by atoms with Crippen LogP contribution in [0.4, 0.5) is 0 Å². The lowest BCUT2D eigenvalue weighted by molar-refractivity contribution is -0.141. The number of furan rings is 2. The second-order valence-electron chi connectivity index (χ2n) is 6.60. The Hall–Kier alpha value is -3.27. The van der Waals surface area contributed by atoms with E-state index in [1.54, 1.807) is 0 Å².